The average molecular weight is 362 g/mol. The lowest BCUT2D eigenvalue weighted by Gasteiger charge is -2.16. The molecule has 136 valence electrons. The molecular formula is C20H27O4P. The minimum Gasteiger partial charge on any atom is -0.395 e. The third-order valence-electron chi connectivity index (χ3n) is 4.18. The van der Waals surface area contributed by atoms with Crippen LogP contribution in [0.25, 0.3) is 0 Å². The molecule has 0 aliphatic heterocycles. The Morgan fingerprint density at radius 2 is 1.56 bits per heavy atom. The van der Waals surface area contributed by atoms with Crippen molar-refractivity contribution in [1.29, 1.82) is 0 Å². The van der Waals surface area contributed by atoms with E-state index in [2.05, 4.69) is 13.8 Å². The van der Waals surface area contributed by atoms with Gasteiger partial charge in [0, 0.05) is 0 Å². The third kappa shape index (κ3) is 6.93. The minimum atomic E-state index is -4.20. The van der Waals surface area contributed by atoms with Gasteiger partial charge in [-0.15, -0.1) is 0 Å². The van der Waals surface area contributed by atoms with Crippen molar-refractivity contribution in [3.8, 4) is 11.5 Å². The maximum Gasteiger partial charge on any atom is 0.584 e. The van der Waals surface area contributed by atoms with Crippen LogP contribution >= 0.6 is 7.82 Å². The summed E-state index contributed by atoms with van der Waals surface area (Å²) in [6.45, 7) is 4.43. The Balaban J connectivity index is 1.94. The van der Waals surface area contributed by atoms with Crippen LogP contribution in [-0.4, -0.2) is 4.89 Å². The zero-order valence-electron chi connectivity index (χ0n) is 14.9. The first-order valence-corrected chi connectivity index (χ1v) is 10.4. The van der Waals surface area contributed by atoms with Gasteiger partial charge in [0.25, 0.3) is 0 Å². The molecule has 2 unspecified atom stereocenters. The average Bonchev–Trinajstić information content (AvgIpc) is 2.60. The van der Waals surface area contributed by atoms with Gasteiger partial charge in [-0.25, -0.2) is 4.57 Å². The summed E-state index contributed by atoms with van der Waals surface area (Å²) >= 11 is 0. The standard InChI is InChI=1S/C20H27O4P/c1-3-5-9-17(4-2)16-18-12-14-20(15-13-18)24-25(21,22)23-19-10-7-6-8-11-19/h6-8,10-15,17H,3-5,9,16H2,1-2H3,(H,21,22). The summed E-state index contributed by atoms with van der Waals surface area (Å²) in [6.07, 6.45) is 5.89. The molecule has 0 heterocycles. The summed E-state index contributed by atoms with van der Waals surface area (Å²) in [7, 11) is -4.20. The molecule has 0 radical (unpaired) electrons. The van der Waals surface area contributed by atoms with Crippen LogP contribution in [0.5, 0.6) is 11.5 Å². The van der Waals surface area contributed by atoms with Crippen LogP contribution in [-0.2, 0) is 11.0 Å². The fraction of sp³-hybridized carbons (Fsp3) is 0.400. The van der Waals surface area contributed by atoms with E-state index in [4.69, 9.17) is 9.05 Å². The zero-order chi connectivity index (χ0) is 18.1. The normalized spacial score (nSPS) is 14.5. The van der Waals surface area contributed by atoms with E-state index in [0.29, 0.717) is 17.4 Å². The highest BCUT2D eigenvalue weighted by molar-refractivity contribution is 7.48. The van der Waals surface area contributed by atoms with Crippen LogP contribution in [0.2, 0.25) is 0 Å². The van der Waals surface area contributed by atoms with Crippen molar-refractivity contribution in [3.05, 3.63) is 60.2 Å². The highest BCUT2D eigenvalue weighted by Gasteiger charge is 2.24. The van der Waals surface area contributed by atoms with Crippen LogP contribution in [0.4, 0.5) is 0 Å². The number of benzene rings is 2. The van der Waals surface area contributed by atoms with E-state index in [9.17, 15) is 9.46 Å². The maximum absolute atomic E-state index is 12.1. The van der Waals surface area contributed by atoms with Crippen molar-refractivity contribution < 1.29 is 18.5 Å². The first-order valence-electron chi connectivity index (χ1n) is 8.88. The van der Waals surface area contributed by atoms with Crippen molar-refractivity contribution in [2.24, 2.45) is 5.92 Å². The van der Waals surface area contributed by atoms with Crippen LogP contribution in [0, 0.1) is 5.92 Å². The van der Waals surface area contributed by atoms with Crippen molar-refractivity contribution in [1.82, 2.24) is 0 Å². The summed E-state index contributed by atoms with van der Waals surface area (Å²) in [5.41, 5.74) is 1.21. The first kappa shape index (κ1) is 19.6. The highest BCUT2D eigenvalue weighted by atomic mass is 31.2. The Kier molecular flexibility index (Phi) is 7.54. The molecule has 4 nitrogen and oxygen atoms in total. The van der Waals surface area contributed by atoms with Crippen LogP contribution in [0.3, 0.4) is 0 Å². The van der Waals surface area contributed by atoms with E-state index in [1.165, 1.54) is 24.8 Å². The van der Waals surface area contributed by atoms with Crippen molar-refractivity contribution in [3.63, 3.8) is 0 Å². The Morgan fingerprint density at radius 3 is 2.12 bits per heavy atom. The molecule has 0 aliphatic rings. The Labute approximate surface area is 150 Å². The van der Waals surface area contributed by atoms with Crippen LogP contribution in [0.1, 0.15) is 45.1 Å². The molecular weight excluding hydrogens is 335 g/mol. The van der Waals surface area contributed by atoms with E-state index in [1.54, 1.807) is 42.5 Å². The summed E-state index contributed by atoms with van der Waals surface area (Å²) in [4.78, 5) is 9.88. The molecule has 0 aliphatic carbocycles. The number of hydrogen-bond donors (Lipinski definition) is 1. The number of rotatable bonds is 10. The molecule has 0 amide bonds. The monoisotopic (exact) mass is 362 g/mol. The van der Waals surface area contributed by atoms with Gasteiger partial charge in [0.05, 0.1) is 0 Å². The number of hydrogen-bond acceptors (Lipinski definition) is 3. The van der Waals surface area contributed by atoms with Gasteiger partial charge >= 0.3 is 7.82 Å². The van der Waals surface area contributed by atoms with E-state index in [-0.39, 0.29) is 0 Å². The fourth-order valence-corrected chi connectivity index (χ4v) is 3.54. The summed E-state index contributed by atoms with van der Waals surface area (Å²) in [5.74, 6) is 1.30. The largest absolute Gasteiger partial charge is 0.584 e. The lowest BCUT2D eigenvalue weighted by atomic mass is 9.92. The predicted molar refractivity (Wildman–Crippen MR) is 101 cm³/mol. The second-order valence-electron chi connectivity index (χ2n) is 6.23. The second kappa shape index (κ2) is 9.65. The smallest absolute Gasteiger partial charge is 0.395 e. The molecule has 0 fully saturated rings. The number of phosphoric ester groups is 1. The maximum atomic E-state index is 12.1. The lowest BCUT2D eigenvalue weighted by Crippen LogP contribution is -2.03. The van der Waals surface area contributed by atoms with E-state index < -0.39 is 7.82 Å². The topological polar surface area (TPSA) is 55.8 Å². The molecule has 0 aromatic heterocycles. The molecule has 0 saturated heterocycles. The van der Waals surface area contributed by atoms with Gasteiger partial charge in [0.15, 0.2) is 0 Å². The molecule has 2 aromatic carbocycles. The van der Waals surface area contributed by atoms with Gasteiger partial charge in [0.2, 0.25) is 0 Å². The van der Waals surface area contributed by atoms with Crippen molar-refractivity contribution in [2.45, 2.75) is 46.0 Å². The molecule has 0 spiro atoms. The summed E-state index contributed by atoms with van der Waals surface area (Å²) in [6, 6.07) is 15.8. The lowest BCUT2D eigenvalue weighted by molar-refractivity contribution is 0.291. The van der Waals surface area contributed by atoms with Gasteiger partial charge in [-0.05, 0) is 42.2 Å². The molecule has 2 rings (SSSR count). The minimum absolute atomic E-state index is 0.298. The Hall–Kier alpha value is -1.77. The Bertz CT molecular complexity index is 670. The first-order chi connectivity index (χ1) is 12.0. The zero-order valence-corrected chi connectivity index (χ0v) is 15.8. The molecule has 2 atom stereocenters. The highest BCUT2D eigenvalue weighted by Crippen LogP contribution is 2.44. The SMILES string of the molecule is CCCCC(CC)Cc1ccc(OP(=O)(O)Oc2ccccc2)cc1. The van der Waals surface area contributed by atoms with Gasteiger partial charge in [-0.3, -0.25) is 4.89 Å². The number of unbranched alkanes of at least 4 members (excludes halogenated alkanes) is 1. The molecule has 2 aromatic rings. The Morgan fingerprint density at radius 1 is 0.960 bits per heavy atom. The molecule has 1 N–H and O–H groups in total. The van der Waals surface area contributed by atoms with E-state index in [0.717, 1.165) is 12.8 Å². The van der Waals surface area contributed by atoms with Gasteiger partial charge in [-0.1, -0.05) is 69.9 Å². The number of phosphoric acid groups is 1. The summed E-state index contributed by atoms with van der Waals surface area (Å²) < 4.78 is 22.3. The van der Waals surface area contributed by atoms with E-state index >= 15 is 0 Å². The van der Waals surface area contributed by atoms with Crippen LogP contribution < -0.4 is 9.05 Å². The van der Waals surface area contributed by atoms with Gasteiger partial charge in [0.1, 0.15) is 11.5 Å². The van der Waals surface area contributed by atoms with Gasteiger partial charge < -0.3 is 9.05 Å². The number of para-hydroxylation sites is 1. The van der Waals surface area contributed by atoms with E-state index in [1.807, 2.05) is 12.1 Å². The molecule has 0 saturated carbocycles. The summed E-state index contributed by atoms with van der Waals surface area (Å²) in [5, 5.41) is 0. The quantitative estimate of drug-likeness (QED) is 0.526. The van der Waals surface area contributed by atoms with Crippen LogP contribution in [0.15, 0.2) is 54.6 Å². The van der Waals surface area contributed by atoms with Crippen molar-refractivity contribution in [2.75, 3.05) is 0 Å². The van der Waals surface area contributed by atoms with Crippen molar-refractivity contribution >= 4 is 7.82 Å². The second-order valence-corrected chi connectivity index (χ2v) is 7.53. The van der Waals surface area contributed by atoms with Gasteiger partial charge in [-0.2, -0.15) is 0 Å². The fourth-order valence-electron chi connectivity index (χ4n) is 2.73. The predicted octanol–water partition coefficient (Wildman–Crippen LogP) is 6.00. The molecule has 5 heteroatoms. The molecule has 25 heavy (non-hydrogen) atoms. The molecule has 0 bridgehead atoms. The third-order valence-corrected chi connectivity index (χ3v) is 5.06.